The van der Waals surface area contributed by atoms with Crippen LogP contribution in [-0.2, 0) is 16.6 Å². The summed E-state index contributed by atoms with van der Waals surface area (Å²) in [5.74, 6) is 0.137. The SMILES string of the molecule is Cn1ccnc1C1CCN(C(=O)[C@H]2CC(=O)Nc3cc(F)ccc32)CC1. The lowest BCUT2D eigenvalue weighted by Gasteiger charge is -2.35. The van der Waals surface area contributed by atoms with Gasteiger partial charge < -0.3 is 14.8 Å². The van der Waals surface area contributed by atoms with Crippen LogP contribution in [0.5, 0.6) is 0 Å². The van der Waals surface area contributed by atoms with E-state index in [4.69, 9.17) is 0 Å². The number of hydrogen-bond acceptors (Lipinski definition) is 3. The molecule has 2 aromatic rings. The first-order valence-electron chi connectivity index (χ1n) is 8.88. The maximum atomic E-state index is 13.5. The highest BCUT2D eigenvalue weighted by molar-refractivity contribution is 6.01. The molecule has 0 unspecified atom stereocenters. The summed E-state index contributed by atoms with van der Waals surface area (Å²) in [6, 6.07) is 4.22. The van der Waals surface area contributed by atoms with Crippen LogP contribution in [0.2, 0.25) is 0 Å². The van der Waals surface area contributed by atoms with Crippen LogP contribution in [0.15, 0.2) is 30.6 Å². The quantitative estimate of drug-likeness (QED) is 0.898. The van der Waals surface area contributed by atoms with E-state index < -0.39 is 11.7 Å². The van der Waals surface area contributed by atoms with Gasteiger partial charge in [-0.25, -0.2) is 9.37 Å². The number of benzene rings is 1. The first-order valence-corrected chi connectivity index (χ1v) is 8.88. The van der Waals surface area contributed by atoms with Crippen molar-refractivity contribution >= 4 is 17.5 Å². The number of aryl methyl sites for hydroxylation is 1. The van der Waals surface area contributed by atoms with Gasteiger partial charge in [-0.15, -0.1) is 0 Å². The number of piperidine rings is 1. The Balaban J connectivity index is 1.49. The van der Waals surface area contributed by atoms with E-state index in [-0.39, 0.29) is 18.2 Å². The average Bonchev–Trinajstić information content (AvgIpc) is 3.06. The number of fused-ring (bicyclic) bond motifs is 1. The van der Waals surface area contributed by atoms with E-state index in [1.54, 1.807) is 12.3 Å². The van der Waals surface area contributed by atoms with Crippen LogP contribution in [0.25, 0.3) is 0 Å². The van der Waals surface area contributed by atoms with E-state index in [1.165, 1.54) is 12.1 Å². The van der Waals surface area contributed by atoms with Gasteiger partial charge in [-0.05, 0) is 30.5 Å². The molecule has 1 fully saturated rings. The van der Waals surface area contributed by atoms with Crippen molar-refractivity contribution in [2.45, 2.75) is 31.1 Å². The lowest BCUT2D eigenvalue weighted by atomic mass is 9.88. The number of amides is 2. The Morgan fingerprint density at radius 2 is 2.08 bits per heavy atom. The summed E-state index contributed by atoms with van der Waals surface area (Å²) in [5, 5.41) is 2.66. The van der Waals surface area contributed by atoms with Crippen molar-refractivity contribution in [3.05, 3.63) is 47.8 Å². The van der Waals surface area contributed by atoms with Gasteiger partial charge in [0.25, 0.3) is 0 Å². The monoisotopic (exact) mass is 356 g/mol. The van der Waals surface area contributed by atoms with Gasteiger partial charge in [0, 0.05) is 50.6 Å². The van der Waals surface area contributed by atoms with Crippen LogP contribution in [0.1, 0.15) is 42.5 Å². The Kier molecular flexibility index (Phi) is 4.22. The van der Waals surface area contributed by atoms with Crippen LogP contribution in [0, 0.1) is 5.82 Å². The molecular weight excluding hydrogens is 335 g/mol. The largest absolute Gasteiger partial charge is 0.342 e. The average molecular weight is 356 g/mol. The van der Waals surface area contributed by atoms with Crippen LogP contribution in [-0.4, -0.2) is 39.4 Å². The van der Waals surface area contributed by atoms with Crippen molar-refractivity contribution in [2.75, 3.05) is 18.4 Å². The molecule has 1 aromatic carbocycles. The summed E-state index contributed by atoms with van der Waals surface area (Å²) in [6.07, 6.45) is 5.54. The molecule has 0 aliphatic carbocycles. The predicted molar refractivity (Wildman–Crippen MR) is 94.2 cm³/mol. The van der Waals surface area contributed by atoms with Crippen LogP contribution in [0.3, 0.4) is 0 Å². The summed E-state index contributed by atoms with van der Waals surface area (Å²) < 4.78 is 15.5. The van der Waals surface area contributed by atoms with E-state index >= 15 is 0 Å². The summed E-state index contributed by atoms with van der Waals surface area (Å²) in [4.78, 5) is 31.2. The van der Waals surface area contributed by atoms with Gasteiger partial charge in [0.1, 0.15) is 11.6 Å². The molecule has 1 atom stereocenters. The number of hydrogen-bond donors (Lipinski definition) is 1. The minimum absolute atomic E-state index is 0.0500. The van der Waals surface area contributed by atoms with E-state index in [0.29, 0.717) is 30.3 Å². The summed E-state index contributed by atoms with van der Waals surface area (Å²) in [5.41, 5.74) is 1.10. The number of anilines is 1. The summed E-state index contributed by atoms with van der Waals surface area (Å²) in [7, 11) is 1.98. The summed E-state index contributed by atoms with van der Waals surface area (Å²) >= 11 is 0. The van der Waals surface area contributed by atoms with E-state index in [9.17, 15) is 14.0 Å². The zero-order chi connectivity index (χ0) is 18.3. The highest BCUT2D eigenvalue weighted by Gasteiger charge is 2.35. The maximum absolute atomic E-state index is 13.5. The second-order valence-electron chi connectivity index (χ2n) is 7.03. The molecule has 0 spiro atoms. The Morgan fingerprint density at radius 1 is 1.31 bits per heavy atom. The van der Waals surface area contributed by atoms with Crippen LogP contribution in [0.4, 0.5) is 10.1 Å². The predicted octanol–water partition coefficient (Wildman–Crippen LogP) is 2.39. The van der Waals surface area contributed by atoms with Gasteiger partial charge >= 0.3 is 0 Å². The Morgan fingerprint density at radius 3 is 2.77 bits per heavy atom. The standard InChI is InChI=1S/C19H21FN4O2/c1-23-9-6-21-18(23)12-4-7-24(8-5-12)19(26)15-11-17(25)22-16-10-13(20)2-3-14(15)16/h2-3,6,9-10,12,15H,4-5,7-8,11H2,1H3,(H,22,25)/t15-/m0/s1. The zero-order valence-electron chi connectivity index (χ0n) is 14.6. The highest BCUT2D eigenvalue weighted by Crippen LogP contribution is 2.35. The first-order chi connectivity index (χ1) is 12.5. The molecule has 7 heteroatoms. The van der Waals surface area contributed by atoms with Crippen molar-refractivity contribution in [1.29, 1.82) is 0 Å². The number of aromatic nitrogens is 2. The molecule has 1 saturated heterocycles. The normalized spacial score (nSPS) is 20.6. The Bertz CT molecular complexity index is 855. The van der Waals surface area contributed by atoms with Crippen molar-refractivity contribution < 1.29 is 14.0 Å². The van der Waals surface area contributed by atoms with Gasteiger partial charge in [0.05, 0.1) is 5.92 Å². The Hall–Kier alpha value is -2.70. The van der Waals surface area contributed by atoms with E-state index in [1.807, 2.05) is 22.7 Å². The minimum Gasteiger partial charge on any atom is -0.342 e. The lowest BCUT2D eigenvalue weighted by Crippen LogP contribution is -2.42. The molecule has 0 saturated carbocycles. The lowest BCUT2D eigenvalue weighted by molar-refractivity contribution is -0.136. The fourth-order valence-corrected chi connectivity index (χ4v) is 4.01. The van der Waals surface area contributed by atoms with Crippen molar-refractivity contribution in [3.8, 4) is 0 Å². The molecule has 0 bridgehead atoms. The number of carbonyl (C=O) groups is 2. The number of likely N-dealkylation sites (tertiary alicyclic amines) is 1. The number of rotatable bonds is 2. The fraction of sp³-hybridized carbons (Fsp3) is 0.421. The van der Waals surface area contributed by atoms with Gasteiger partial charge in [-0.1, -0.05) is 6.07 Å². The number of nitrogens with one attached hydrogen (secondary N) is 1. The third-order valence-electron chi connectivity index (χ3n) is 5.38. The molecule has 2 aliphatic rings. The molecule has 1 N–H and O–H groups in total. The second kappa shape index (κ2) is 6.55. The number of nitrogens with zero attached hydrogens (tertiary/aromatic N) is 3. The minimum atomic E-state index is -0.538. The number of carbonyl (C=O) groups excluding carboxylic acids is 2. The third-order valence-corrected chi connectivity index (χ3v) is 5.38. The second-order valence-corrected chi connectivity index (χ2v) is 7.03. The van der Waals surface area contributed by atoms with E-state index in [2.05, 4.69) is 10.3 Å². The van der Waals surface area contributed by atoms with E-state index in [0.717, 1.165) is 18.7 Å². The smallest absolute Gasteiger partial charge is 0.230 e. The molecule has 2 aliphatic heterocycles. The fourth-order valence-electron chi connectivity index (χ4n) is 4.01. The first kappa shape index (κ1) is 16.8. The summed E-state index contributed by atoms with van der Waals surface area (Å²) in [6.45, 7) is 1.29. The highest BCUT2D eigenvalue weighted by atomic mass is 19.1. The molecule has 3 heterocycles. The maximum Gasteiger partial charge on any atom is 0.230 e. The van der Waals surface area contributed by atoms with Crippen LogP contribution < -0.4 is 5.32 Å². The Labute approximate surface area is 151 Å². The van der Waals surface area contributed by atoms with Gasteiger partial charge in [-0.3, -0.25) is 9.59 Å². The molecule has 0 radical (unpaired) electrons. The van der Waals surface area contributed by atoms with Crippen LogP contribution >= 0.6 is 0 Å². The number of imidazole rings is 1. The third kappa shape index (κ3) is 2.98. The molecule has 2 amide bonds. The zero-order valence-corrected chi connectivity index (χ0v) is 14.6. The molecular formula is C19H21FN4O2. The van der Waals surface area contributed by atoms with Crippen molar-refractivity contribution in [1.82, 2.24) is 14.5 Å². The van der Waals surface area contributed by atoms with Gasteiger partial charge in [0.15, 0.2) is 0 Å². The van der Waals surface area contributed by atoms with Crippen molar-refractivity contribution in [3.63, 3.8) is 0 Å². The topological polar surface area (TPSA) is 67.2 Å². The molecule has 6 nitrogen and oxygen atoms in total. The van der Waals surface area contributed by atoms with Gasteiger partial charge in [-0.2, -0.15) is 0 Å². The molecule has 136 valence electrons. The molecule has 26 heavy (non-hydrogen) atoms. The number of halogens is 1. The van der Waals surface area contributed by atoms with Crippen molar-refractivity contribution in [2.24, 2.45) is 7.05 Å². The molecule has 4 rings (SSSR count). The van der Waals surface area contributed by atoms with Gasteiger partial charge in [0.2, 0.25) is 11.8 Å². The molecule has 1 aromatic heterocycles.